The summed E-state index contributed by atoms with van der Waals surface area (Å²) in [5, 5.41) is 10.7. The monoisotopic (exact) mass is 271 g/mol. The number of fused-ring (bicyclic) bond motifs is 1. The summed E-state index contributed by atoms with van der Waals surface area (Å²) in [5.41, 5.74) is 8.31. The Balaban J connectivity index is 1.79. The maximum absolute atomic E-state index is 5.74. The van der Waals surface area contributed by atoms with Gasteiger partial charge >= 0.3 is 0 Å². The van der Waals surface area contributed by atoms with E-state index < -0.39 is 0 Å². The van der Waals surface area contributed by atoms with Crippen LogP contribution < -0.4 is 15.8 Å². The van der Waals surface area contributed by atoms with Crippen molar-refractivity contribution in [3.8, 4) is 5.75 Å². The second-order valence-corrected chi connectivity index (χ2v) is 4.23. The molecular formula is C13H13N5O2. The molecule has 0 aliphatic heterocycles. The van der Waals surface area contributed by atoms with Crippen LogP contribution in [0.2, 0.25) is 0 Å². The summed E-state index contributed by atoms with van der Waals surface area (Å²) in [6, 6.07) is 7.75. The zero-order valence-corrected chi connectivity index (χ0v) is 10.8. The SMILES string of the molecule is COc1ccc(CNc2ncc(N)c3nonc23)cc1. The van der Waals surface area contributed by atoms with E-state index in [2.05, 4.69) is 20.6 Å². The average molecular weight is 271 g/mol. The van der Waals surface area contributed by atoms with Crippen LogP contribution in [0.25, 0.3) is 11.0 Å². The van der Waals surface area contributed by atoms with Gasteiger partial charge in [0.25, 0.3) is 0 Å². The molecule has 0 atom stereocenters. The van der Waals surface area contributed by atoms with Gasteiger partial charge in [0.15, 0.2) is 16.9 Å². The Morgan fingerprint density at radius 3 is 2.70 bits per heavy atom. The van der Waals surface area contributed by atoms with Crippen LogP contribution in [0, 0.1) is 0 Å². The molecule has 3 N–H and O–H groups in total. The largest absolute Gasteiger partial charge is 0.497 e. The highest BCUT2D eigenvalue weighted by Gasteiger charge is 2.11. The maximum atomic E-state index is 5.74. The first-order valence-corrected chi connectivity index (χ1v) is 6.01. The molecule has 7 heteroatoms. The van der Waals surface area contributed by atoms with E-state index in [4.69, 9.17) is 15.1 Å². The fourth-order valence-electron chi connectivity index (χ4n) is 1.85. The molecule has 102 valence electrons. The van der Waals surface area contributed by atoms with Crippen molar-refractivity contribution >= 4 is 22.5 Å². The Kier molecular flexibility index (Phi) is 3.08. The van der Waals surface area contributed by atoms with Gasteiger partial charge in [0.1, 0.15) is 5.75 Å². The number of benzene rings is 1. The lowest BCUT2D eigenvalue weighted by Crippen LogP contribution is -2.03. The van der Waals surface area contributed by atoms with Crippen LogP contribution in [0.3, 0.4) is 0 Å². The van der Waals surface area contributed by atoms with Crippen LogP contribution in [0.4, 0.5) is 11.5 Å². The third kappa shape index (κ3) is 2.20. The highest BCUT2D eigenvalue weighted by Crippen LogP contribution is 2.23. The fraction of sp³-hybridized carbons (Fsp3) is 0.154. The lowest BCUT2D eigenvalue weighted by Gasteiger charge is -2.07. The number of pyridine rings is 1. The van der Waals surface area contributed by atoms with Gasteiger partial charge in [-0.3, -0.25) is 0 Å². The molecule has 0 unspecified atom stereocenters. The van der Waals surface area contributed by atoms with Crippen LogP contribution in [-0.4, -0.2) is 22.4 Å². The summed E-state index contributed by atoms with van der Waals surface area (Å²) in [6.07, 6.45) is 1.53. The first-order chi connectivity index (χ1) is 9.78. The predicted molar refractivity (Wildman–Crippen MR) is 74.3 cm³/mol. The Hall–Kier alpha value is -2.83. The lowest BCUT2D eigenvalue weighted by atomic mass is 10.2. The molecule has 7 nitrogen and oxygen atoms in total. The van der Waals surface area contributed by atoms with E-state index in [9.17, 15) is 0 Å². The number of hydrogen-bond acceptors (Lipinski definition) is 7. The van der Waals surface area contributed by atoms with Crippen molar-refractivity contribution in [3.63, 3.8) is 0 Å². The van der Waals surface area contributed by atoms with Crippen molar-refractivity contribution in [2.24, 2.45) is 0 Å². The lowest BCUT2D eigenvalue weighted by molar-refractivity contribution is 0.315. The van der Waals surface area contributed by atoms with Crippen molar-refractivity contribution in [2.45, 2.75) is 6.54 Å². The molecule has 0 spiro atoms. The number of nitrogens with two attached hydrogens (primary N) is 1. The molecule has 0 saturated carbocycles. The molecule has 3 aromatic rings. The fourth-order valence-corrected chi connectivity index (χ4v) is 1.85. The van der Waals surface area contributed by atoms with Gasteiger partial charge in [-0.1, -0.05) is 12.1 Å². The van der Waals surface area contributed by atoms with E-state index in [1.54, 1.807) is 7.11 Å². The van der Waals surface area contributed by atoms with Crippen LogP contribution >= 0.6 is 0 Å². The number of aromatic nitrogens is 3. The zero-order valence-electron chi connectivity index (χ0n) is 10.8. The topological polar surface area (TPSA) is 99.1 Å². The molecule has 0 aliphatic rings. The first kappa shape index (κ1) is 12.2. The van der Waals surface area contributed by atoms with Gasteiger partial charge in [-0.25, -0.2) is 9.61 Å². The third-order valence-electron chi connectivity index (χ3n) is 2.94. The summed E-state index contributed by atoms with van der Waals surface area (Å²) >= 11 is 0. The molecule has 0 fully saturated rings. The van der Waals surface area contributed by atoms with E-state index in [0.29, 0.717) is 29.1 Å². The summed E-state index contributed by atoms with van der Waals surface area (Å²) < 4.78 is 9.81. The van der Waals surface area contributed by atoms with Gasteiger partial charge < -0.3 is 15.8 Å². The van der Waals surface area contributed by atoms with Gasteiger partial charge in [0.05, 0.1) is 19.0 Å². The molecule has 0 aliphatic carbocycles. The van der Waals surface area contributed by atoms with Crippen LogP contribution in [0.5, 0.6) is 5.75 Å². The van der Waals surface area contributed by atoms with E-state index >= 15 is 0 Å². The van der Waals surface area contributed by atoms with Gasteiger partial charge in [0, 0.05) is 6.54 Å². The summed E-state index contributed by atoms with van der Waals surface area (Å²) in [5.74, 6) is 1.41. The smallest absolute Gasteiger partial charge is 0.179 e. The molecule has 1 aromatic carbocycles. The number of nitrogen functional groups attached to an aromatic ring is 1. The quantitative estimate of drug-likeness (QED) is 0.746. The van der Waals surface area contributed by atoms with E-state index in [1.165, 1.54) is 6.20 Å². The number of nitrogens with one attached hydrogen (secondary N) is 1. The van der Waals surface area contributed by atoms with Crippen molar-refractivity contribution in [2.75, 3.05) is 18.2 Å². The highest BCUT2D eigenvalue weighted by molar-refractivity contribution is 5.92. The minimum Gasteiger partial charge on any atom is -0.497 e. The number of anilines is 2. The second kappa shape index (κ2) is 5.04. The van der Waals surface area contributed by atoms with E-state index in [0.717, 1.165) is 11.3 Å². The number of hydrogen-bond donors (Lipinski definition) is 2. The number of rotatable bonds is 4. The molecule has 0 radical (unpaired) electrons. The van der Waals surface area contributed by atoms with E-state index in [-0.39, 0.29) is 0 Å². The first-order valence-electron chi connectivity index (χ1n) is 6.01. The Morgan fingerprint density at radius 2 is 1.95 bits per heavy atom. The summed E-state index contributed by atoms with van der Waals surface area (Å²) in [7, 11) is 1.64. The molecular weight excluding hydrogens is 258 g/mol. The van der Waals surface area contributed by atoms with Gasteiger partial charge in [0.2, 0.25) is 0 Å². The van der Waals surface area contributed by atoms with Crippen LogP contribution in [0.1, 0.15) is 5.56 Å². The predicted octanol–water partition coefficient (Wildman–Crippen LogP) is 1.82. The molecule has 2 aromatic heterocycles. The standard InChI is InChI=1S/C13H13N5O2/c1-19-9-4-2-8(3-5-9)6-15-13-12-11(17-20-18-12)10(14)7-16-13/h2-5,7H,6,14H2,1H3,(H,15,16). The van der Waals surface area contributed by atoms with Crippen molar-refractivity contribution < 1.29 is 9.37 Å². The third-order valence-corrected chi connectivity index (χ3v) is 2.94. The molecule has 20 heavy (non-hydrogen) atoms. The highest BCUT2D eigenvalue weighted by atomic mass is 16.6. The van der Waals surface area contributed by atoms with Gasteiger partial charge in [-0.05, 0) is 28.0 Å². The average Bonchev–Trinajstić information content (AvgIpc) is 2.98. The minimum absolute atomic E-state index is 0.441. The second-order valence-electron chi connectivity index (χ2n) is 4.23. The molecule has 0 saturated heterocycles. The van der Waals surface area contributed by atoms with Gasteiger partial charge in [-0.15, -0.1) is 0 Å². The number of nitrogens with zero attached hydrogens (tertiary/aromatic N) is 3. The molecule has 0 bridgehead atoms. The molecule has 2 heterocycles. The maximum Gasteiger partial charge on any atom is 0.179 e. The summed E-state index contributed by atoms with van der Waals surface area (Å²) in [6.45, 7) is 0.600. The minimum atomic E-state index is 0.441. The van der Waals surface area contributed by atoms with E-state index in [1.807, 2.05) is 24.3 Å². The Bertz CT molecular complexity index is 723. The van der Waals surface area contributed by atoms with Crippen LogP contribution in [0.15, 0.2) is 35.1 Å². The Morgan fingerprint density at radius 1 is 1.20 bits per heavy atom. The number of ether oxygens (including phenoxy) is 1. The van der Waals surface area contributed by atoms with Crippen molar-refractivity contribution in [1.29, 1.82) is 0 Å². The van der Waals surface area contributed by atoms with Crippen LogP contribution in [-0.2, 0) is 6.54 Å². The summed E-state index contributed by atoms with van der Waals surface area (Å²) in [4.78, 5) is 4.20. The van der Waals surface area contributed by atoms with Crippen molar-refractivity contribution in [3.05, 3.63) is 36.0 Å². The van der Waals surface area contributed by atoms with Crippen molar-refractivity contribution in [1.82, 2.24) is 15.3 Å². The molecule has 3 rings (SSSR count). The normalized spacial score (nSPS) is 10.7. The zero-order chi connectivity index (χ0) is 13.9. The Labute approximate surface area is 114 Å². The van der Waals surface area contributed by atoms with Gasteiger partial charge in [-0.2, -0.15) is 0 Å². The number of methoxy groups -OCH3 is 1. The molecule has 0 amide bonds.